The smallest absolute Gasteiger partial charge is 0.763 e. The van der Waals surface area contributed by atoms with Crippen molar-refractivity contribution in [2.24, 2.45) is 27.3 Å². The van der Waals surface area contributed by atoms with Crippen LogP contribution in [-0.4, -0.2) is 37.7 Å². The van der Waals surface area contributed by atoms with Gasteiger partial charge >= 0.3 is 17.1 Å². The van der Waals surface area contributed by atoms with Crippen LogP contribution >= 0.6 is 0 Å². The first-order valence-electron chi connectivity index (χ1n) is 8.71. The van der Waals surface area contributed by atoms with E-state index in [0.29, 0.717) is 33.9 Å². The summed E-state index contributed by atoms with van der Waals surface area (Å²) < 4.78 is 1.83. The number of nitrogens with zero attached hydrogens (tertiary/aromatic N) is 6. The van der Waals surface area contributed by atoms with Crippen LogP contribution in [0, 0.1) is 0 Å². The number of aromatic nitrogens is 2. The van der Waals surface area contributed by atoms with E-state index in [1.165, 1.54) is 6.42 Å². The topological polar surface area (TPSA) is 79.3 Å². The van der Waals surface area contributed by atoms with Crippen molar-refractivity contribution in [3.05, 3.63) is 18.2 Å². The number of hydrogen-bond donors (Lipinski definition) is 1. The summed E-state index contributed by atoms with van der Waals surface area (Å²) in [5, 5.41) is 13.4. The molecule has 1 N–H and O–H groups in total. The first-order valence-corrected chi connectivity index (χ1v) is 9.53. The number of aliphatic imine (C=N–C) groups is 1. The molecule has 1 aromatic heterocycles. The Morgan fingerprint density at radius 1 is 1.19 bits per heavy atom. The average molecular weight is 459 g/mol. The zero-order valence-electron chi connectivity index (χ0n) is 16.8. The van der Waals surface area contributed by atoms with Gasteiger partial charge in [-0.2, -0.15) is 15.3 Å². The molecule has 0 amide bonds. The summed E-state index contributed by atoms with van der Waals surface area (Å²) in [6, 6.07) is 0. The SMILES string of the molecule is CCC.CCC/C([S-])=N/N=C(C)/C(=N/NC([S-])=NCC)c1cn(C)cn1.[Cu+2]. The molecule has 0 aliphatic rings. The number of hydrazone groups is 1. The third-order valence-electron chi connectivity index (χ3n) is 2.63. The van der Waals surface area contributed by atoms with E-state index in [2.05, 4.69) is 44.6 Å². The zero-order valence-corrected chi connectivity index (χ0v) is 19.4. The maximum atomic E-state index is 5.13. The third kappa shape index (κ3) is 12.6. The van der Waals surface area contributed by atoms with Crippen molar-refractivity contribution in [2.75, 3.05) is 6.54 Å². The molecule has 1 aromatic rings. The maximum absolute atomic E-state index is 5.13. The Morgan fingerprint density at radius 3 is 2.30 bits per heavy atom. The Morgan fingerprint density at radius 2 is 1.81 bits per heavy atom. The van der Waals surface area contributed by atoms with Gasteiger partial charge in [0, 0.05) is 19.8 Å². The molecule has 0 aliphatic heterocycles. The number of amidine groups is 1. The molecule has 27 heavy (non-hydrogen) atoms. The fourth-order valence-electron chi connectivity index (χ4n) is 1.58. The fourth-order valence-corrected chi connectivity index (χ4v) is 2.00. The van der Waals surface area contributed by atoms with Gasteiger partial charge < -0.3 is 29.8 Å². The van der Waals surface area contributed by atoms with E-state index in [1.807, 2.05) is 31.7 Å². The Labute approximate surface area is 184 Å². The Hall–Kier alpha value is -1.35. The summed E-state index contributed by atoms with van der Waals surface area (Å²) in [5.41, 5.74) is 4.53. The van der Waals surface area contributed by atoms with Crippen LogP contribution < -0.4 is 5.43 Å². The fraction of sp³-hybridized carbons (Fsp3) is 0.588. The van der Waals surface area contributed by atoms with Gasteiger partial charge in [0.15, 0.2) is 0 Å². The molecule has 0 atom stereocenters. The van der Waals surface area contributed by atoms with Crippen molar-refractivity contribution in [3.63, 3.8) is 0 Å². The van der Waals surface area contributed by atoms with E-state index in [9.17, 15) is 0 Å². The molecule has 1 heterocycles. The van der Waals surface area contributed by atoms with Crippen LogP contribution in [0.3, 0.4) is 0 Å². The van der Waals surface area contributed by atoms with Gasteiger partial charge in [0.05, 0.1) is 12.0 Å². The number of aryl methyl sites for hydroxylation is 1. The van der Waals surface area contributed by atoms with Crippen LogP contribution in [0.1, 0.15) is 59.6 Å². The summed E-state index contributed by atoms with van der Waals surface area (Å²) in [5.74, 6) is 0. The predicted octanol–water partition coefficient (Wildman–Crippen LogP) is 3.17. The van der Waals surface area contributed by atoms with Gasteiger partial charge in [0.2, 0.25) is 0 Å². The van der Waals surface area contributed by atoms with Gasteiger partial charge in [-0.15, -0.1) is 0 Å². The van der Waals surface area contributed by atoms with Gasteiger partial charge in [0.1, 0.15) is 11.4 Å². The summed E-state index contributed by atoms with van der Waals surface area (Å²) in [7, 11) is 1.88. The second kappa shape index (κ2) is 16.8. The molecule has 1 radical (unpaired) electrons. The Balaban J connectivity index is 0. The summed E-state index contributed by atoms with van der Waals surface area (Å²) in [6.07, 6.45) is 6.45. The molecule has 0 saturated carbocycles. The average Bonchev–Trinajstić information content (AvgIpc) is 3.00. The van der Waals surface area contributed by atoms with Crippen LogP contribution in [0.5, 0.6) is 0 Å². The van der Waals surface area contributed by atoms with E-state index in [-0.39, 0.29) is 17.1 Å². The van der Waals surface area contributed by atoms with Crippen molar-refractivity contribution in [1.82, 2.24) is 15.0 Å². The molecule has 0 bridgehead atoms. The quantitative estimate of drug-likeness (QED) is 0.224. The molecule has 1 rings (SSSR count). The van der Waals surface area contributed by atoms with Gasteiger partial charge in [-0.3, -0.25) is 10.4 Å². The molecule has 0 aromatic carbocycles. The summed E-state index contributed by atoms with van der Waals surface area (Å²) in [4.78, 5) is 8.34. The minimum absolute atomic E-state index is 0. The monoisotopic (exact) mass is 458 g/mol. The summed E-state index contributed by atoms with van der Waals surface area (Å²) in [6.45, 7) is 10.6. The second-order valence-electron chi connectivity index (χ2n) is 5.41. The van der Waals surface area contributed by atoms with Gasteiger partial charge in [-0.1, -0.05) is 38.7 Å². The minimum Gasteiger partial charge on any atom is -0.763 e. The molecule has 7 nitrogen and oxygen atoms in total. The van der Waals surface area contributed by atoms with Crippen molar-refractivity contribution < 1.29 is 17.1 Å². The molecule has 0 saturated heterocycles. The van der Waals surface area contributed by atoms with Crippen LogP contribution in [0.4, 0.5) is 0 Å². The number of nitrogens with one attached hydrogen (secondary N) is 1. The number of hydrogen-bond acceptors (Lipinski definition) is 7. The minimum atomic E-state index is 0. The molecule has 0 aliphatic carbocycles. The molecule has 10 heteroatoms. The predicted molar refractivity (Wildman–Crippen MR) is 117 cm³/mol. The molecule has 0 unspecified atom stereocenters. The van der Waals surface area contributed by atoms with Crippen LogP contribution in [0.15, 0.2) is 32.8 Å². The van der Waals surface area contributed by atoms with Gasteiger partial charge in [-0.25, -0.2) is 4.98 Å². The standard InChI is InChI=1S/C14H23N7S2.C3H8.Cu/c1-5-7-12(22)18-17-10(3)13(11-8-21(4)9-16-11)19-20-14(23)15-6-2;1-3-2;/h8-9H,5-7H2,1-4H3,(H,18,22)(H2,15,20,23);3H2,1-2H3;/q;;+2/p-2/b17-10+,19-13-;;. The number of imidazole rings is 1. The van der Waals surface area contributed by atoms with Crippen LogP contribution in [0.25, 0.3) is 0 Å². The van der Waals surface area contributed by atoms with Crippen LogP contribution in [0.2, 0.25) is 0 Å². The van der Waals surface area contributed by atoms with E-state index < -0.39 is 0 Å². The number of rotatable bonds is 7. The van der Waals surface area contributed by atoms with Crippen molar-refractivity contribution >= 4 is 46.9 Å². The normalized spacial score (nSPS) is 12.8. The molecule has 0 fully saturated rings. The zero-order chi connectivity index (χ0) is 19.9. The maximum Gasteiger partial charge on any atom is 2.00 e. The van der Waals surface area contributed by atoms with E-state index in [0.717, 1.165) is 12.8 Å². The molecular weight excluding hydrogens is 430 g/mol. The van der Waals surface area contributed by atoms with Gasteiger partial charge in [0.25, 0.3) is 0 Å². The van der Waals surface area contributed by atoms with Crippen molar-refractivity contribution in [3.8, 4) is 0 Å². The Bertz CT molecular complexity index is 651. The molecule has 155 valence electrons. The van der Waals surface area contributed by atoms with E-state index in [1.54, 1.807) is 13.3 Å². The second-order valence-corrected chi connectivity index (χ2v) is 6.27. The Kier molecular flexibility index (Phi) is 17.3. The first-order chi connectivity index (χ1) is 12.4. The summed E-state index contributed by atoms with van der Waals surface area (Å²) >= 11 is 10.2. The van der Waals surface area contributed by atoms with Crippen molar-refractivity contribution in [2.45, 2.75) is 53.9 Å². The van der Waals surface area contributed by atoms with Crippen LogP contribution in [-0.2, 0) is 49.4 Å². The molecular formula is C17H29CuN7S2. The van der Waals surface area contributed by atoms with E-state index >= 15 is 0 Å². The van der Waals surface area contributed by atoms with E-state index in [4.69, 9.17) is 25.3 Å². The first kappa shape index (κ1) is 27.9. The third-order valence-corrected chi connectivity index (χ3v) is 3.14. The molecule has 0 spiro atoms. The largest absolute Gasteiger partial charge is 2.00 e. The van der Waals surface area contributed by atoms with Crippen molar-refractivity contribution in [1.29, 1.82) is 0 Å². The van der Waals surface area contributed by atoms with Gasteiger partial charge in [-0.05, 0) is 25.4 Å².